The molecule has 0 atom stereocenters. The van der Waals surface area contributed by atoms with Crippen molar-refractivity contribution in [2.75, 3.05) is 13.2 Å². The summed E-state index contributed by atoms with van der Waals surface area (Å²) in [5, 5.41) is 0. The third kappa shape index (κ3) is 4.32. The van der Waals surface area contributed by atoms with Crippen molar-refractivity contribution >= 4 is 0 Å². The average Bonchev–Trinajstić information content (AvgIpc) is 2.70. The van der Waals surface area contributed by atoms with Crippen LogP contribution < -0.4 is 4.74 Å². The Morgan fingerprint density at radius 3 is 2.23 bits per heavy atom. The Hall–Kier alpha value is -2.52. The van der Waals surface area contributed by atoms with Gasteiger partial charge in [0.2, 0.25) is 5.82 Å². The van der Waals surface area contributed by atoms with Crippen LogP contribution in [0.1, 0.15) is 29.9 Å². The largest absolute Gasteiger partial charge is 0.429 e. The number of ether oxygens (including phenoxy) is 3. The zero-order valence-corrected chi connectivity index (χ0v) is 16.0. The van der Waals surface area contributed by atoms with E-state index in [9.17, 15) is 26.3 Å². The molecule has 9 heteroatoms. The van der Waals surface area contributed by atoms with Crippen molar-refractivity contribution in [3.05, 3.63) is 76.4 Å². The van der Waals surface area contributed by atoms with E-state index in [0.29, 0.717) is 6.07 Å². The monoisotopic (exact) mass is 432 g/mol. The zero-order chi connectivity index (χ0) is 22.1. The molecule has 0 aromatic heterocycles. The Morgan fingerprint density at radius 1 is 0.933 bits per heavy atom. The Morgan fingerprint density at radius 2 is 1.60 bits per heavy atom. The van der Waals surface area contributed by atoms with Crippen LogP contribution in [0.4, 0.5) is 26.3 Å². The van der Waals surface area contributed by atoms with Crippen LogP contribution in [0.5, 0.6) is 5.75 Å². The van der Waals surface area contributed by atoms with Gasteiger partial charge >= 0.3 is 6.11 Å². The first-order chi connectivity index (χ1) is 14.2. The summed E-state index contributed by atoms with van der Waals surface area (Å²) >= 11 is 0. The first-order valence-electron chi connectivity index (χ1n) is 9.01. The van der Waals surface area contributed by atoms with Crippen molar-refractivity contribution in [1.82, 2.24) is 0 Å². The molecule has 0 N–H and O–H groups in total. The van der Waals surface area contributed by atoms with Gasteiger partial charge in [0.05, 0.1) is 13.2 Å². The number of aryl methyl sites for hydroxylation is 1. The molecule has 0 amide bonds. The summed E-state index contributed by atoms with van der Waals surface area (Å²) in [6.45, 7) is 3.40. The topological polar surface area (TPSA) is 27.7 Å². The highest BCUT2D eigenvalue weighted by Crippen LogP contribution is 2.38. The van der Waals surface area contributed by atoms with E-state index in [0.717, 1.165) is 18.2 Å². The van der Waals surface area contributed by atoms with Gasteiger partial charge in [0.15, 0.2) is 29.5 Å². The fourth-order valence-corrected chi connectivity index (χ4v) is 2.95. The van der Waals surface area contributed by atoms with E-state index < -0.39 is 47.0 Å². The number of rotatable bonds is 5. The molecule has 1 aliphatic heterocycles. The third-order valence-electron chi connectivity index (χ3n) is 4.55. The molecule has 2 aromatic rings. The molecule has 0 aliphatic carbocycles. The van der Waals surface area contributed by atoms with Gasteiger partial charge in [-0.25, -0.2) is 13.2 Å². The minimum absolute atomic E-state index is 0.0507. The molecule has 1 saturated heterocycles. The molecule has 0 bridgehead atoms. The van der Waals surface area contributed by atoms with Crippen molar-refractivity contribution in [3.63, 3.8) is 0 Å². The van der Waals surface area contributed by atoms with Gasteiger partial charge in [-0.1, -0.05) is 18.2 Å². The molecule has 3 nitrogen and oxygen atoms in total. The smallest absolute Gasteiger partial charge is 0.426 e. The molecule has 0 radical (unpaired) electrons. The van der Waals surface area contributed by atoms with Gasteiger partial charge in [-0.15, -0.1) is 0 Å². The molecule has 30 heavy (non-hydrogen) atoms. The van der Waals surface area contributed by atoms with E-state index >= 15 is 0 Å². The predicted octanol–water partition coefficient (Wildman–Crippen LogP) is 5.92. The summed E-state index contributed by atoms with van der Waals surface area (Å²) < 4.78 is 99.9. The minimum Gasteiger partial charge on any atom is -0.426 e. The van der Waals surface area contributed by atoms with Crippen LogP contribution in [0.3, 0.4) is 0 Å². The first kappa shape index (κ1) is 22.2. The fraction of sp³-hybridized carbons (Fsp3) is 0.333. The van der Waals surface area contributed by atoms with Crippen LogP contribution in [0.25, 0.3) is 0 Å². The van der Waals surface area contributed by atoms with E-state index in [1.807, 2.05) is 13.0 Å². The number of hydrogen-bond acceptors (Lipinski definition) is 3. The normalized spacial score (nSPS) is 20.0. The molecule has 1 heterocycles. The Kier molecular flexibility index (Phi) is 6.42. The molecule has 2 aromatic carbocycles. The number of allylic oxidation sites excluding steroid dienone is 1. The molecule has 162 valence electrons. The van der Waals surface area contributed by atoms with Crippen LogP contribution in [0, 0.1) is 36.1 Å². The summed E-state index contributed by atoms with van der Waals surface area (Å²) in [5.41, 5.74) is -1.98. The maximum Gasteiger partial charge on any atom is 0.429 e. The van der Waals surface area contributed by atoms with Crippen LogP contribution >= 0.6 is 0 Å². The van der Waals surface area contributed by atoms with E-state index in [2.05, 4.69) is 4.74 Å². The zero-order valence-electron chi connectivity index (χ0n) is 16.0. The summed E-state index contributed by atoms with van der Waals surface area (Å²) in [4.78, 5) is 0. The lowest BCUT2D eigenvalue weighted by molar-refractivity contribution is -0.199. The van der Waals surface area contributed by atoms with Gasteiger partial charge in [-0.3, -0.25) is 0 Å². The molecule has 0 spiro atoms. The maximum atomic E-state index is 14.5. The van der Waals surface area contributed by atoms with Crippen molar-refractivity contribution < 1.29 is 40.6 Å². The van der Waals surface area contributed by atoms with E-state index in [4.69, 9.17) is 9.47 Å². The van der Waals surface area contributed by atoms with Crippen LogP contribution in [-0.4, -0.2) is 13.2 Å². The first-order valence-corrected chi connectivity index (χ1v) is 9.01. The summed E-state index contributed by atoms with van der Waals surface area (Å²) in [6.07, 6.45) is -2.05. The average molecular weight is 432 g/mol. The van der Waals surface area contributed by atoms with E-state index in [-0.39, 0.29) is 30.3 Å². The predicted molar refractivity (Wildman–Crippen MR) is 94.9 cm³/mol. The van der Waals surface area contributed by atoms with Gasteiger partial charge in [-0.05, 0) is 37.6 Å². The van der Waals surface area contributed by atoms with Gasteiger partial charge in [0.1, 0.15) is 5.56 Å². The Labute approximate surface area is 168 Å². The second kappa shape index (κ2) is 8.69. The molecule has 1 aliphatic rings. The minimum atomic E-state index is -4.45. The Balaban J connectivity index is 1.83. The number of benzene rings is 2. The van der Waals surface area contributed by atoms with Crippen molar-refractivity contribution in [1.29, 1.82) is 0 Å². The van der Waals surface area contributed by atoms with Gasteiger partial charge in [0, 0.05) is 11.5 Å². The SMILES string of the molecule is CC=CC1COC(c2ccc(OC(F)(F)c3ccc(C)c(F)c3F)c(F)c2F)OC1. The van der Waals surface area contributed by atoms with Gasteiger partial charge < -0.3 is 14.2 Å². The molecular weight excluding hydrogens is 414 g/mol. The highest BCUT2D eigenvalue weighted by atomic mass is 19.3. The number of hydrogen-bond donors (Lipinski definition) is 0. The lowest BCUT2D eigenvalue weighted by Crippen LogP contribution is -2.27. The summed E-state index contributed by atoms with van der Waals surface area (Å²) in [5.74, 6) is -7.79. The quantitative estimate of drug-likeness (QED) is 0.434. The van der Waals surface area contributed by atoms with Gasteiger partial charge in [0.25, 0.3) is 0 Å². The van der Waals surface area contributed by atoms with E-state index in [1.54, 1.807) is 6.08 Å². The Bertz CT molecular complexity index is 952. The standard InChI is InChI=1S/C21H18F6O3/c1-3-4-12-9-28-20(29-10-12)13-6-8-15(19(25)17(13)23)30-21(26,27)14-7-5-11(2)16(22)18(14)24/h3-8,12,20H,9-10H2,1-2H3. The second-order valence-electron chi connectivity index (χ2n) is 6.74. The van der Waals surface area contributed by atoms with Gasteiger partial charge in [-0.2, -0.15) is 13.2 Å². The van der Waals surface area contributed by atoms with Crippen LogP contribution in [-0.2, 0) is 15.6 Å². The number of halogens is 6. The molecule has 0 saturated carbocycles. The van der Waals surface area contributed by atoms with Crippen molar-refractivity contribution in [3.8, 4) is 5.75 Å². The maximum absolute atomic E-state index is 14.5. The highest BCUT2D eigenvalue weighted by Gasteiger charge is 2.40. The second-order valence-corrected chi connectivity index (χ2v) is 6.74. The lowest BCUT2D eigenvalue weighted by atomic mass is 10.1. The number of alkyl halides is 2. The van der Waals surface area contributed by atoms with Crippen molar-refractivity contribution in [2.45, 2.75) is 26.2 Å². The van der Waals surface area contributed by atoms with Crippen molar-refractivity contribution in [2.24, 2.45) is 5.92 Å². The summed E-state index contributed by atoms with van der Waals surface area (Å²) in [7, 11) is 0. The van der Waals surface area contributed by atoms with Crippen LogP contribution in [0.2, 0.25) is 0 Å². The highest BCUT2D eigenvalue weighted by molar-refractivity contribution is 5.34. The lowest BCUT2D eigenvalue weighted by Gasteiger charge is -2.28. The summed E-state index contributed by atoms with van der Waals surface area (Å²) in [6, 6.07) is 3.25. The van der Waals surface area contributed by atoms with E-state index in [1.165, 1.54) is 6.92 Å². The fourth-order valence-electron chi connectivity index (χ4n) is 2.95. The van der Waals surface area contributed by atoms with Crippen LogP contribution in [0.15, 0.2) is 36.4 Å². The third-order valence-corrected chi connectivity index (χ3v) is 4.55. The molecular formula is C21H18F6O3. The molecule has 0 unspecified atom stereocenters. The molecule has 1 fully saturated rings. The molecule has 3 rings (SSSR count).